The first-order chi connectivity index (χ1) is 9.69. The van der Waals surface area contributed by atoms with Gasteiger partial charge in [0.05, 0.1) is 25.9 Å². The van der Waals surface area contributed by atoms with Gasteiger partial charge in [-0.1, -0.05) is 0 Å². The second-order valence-corrected chi connectivity index (χ2v) is 4.72. The Balaban J connectivity index is 2.09. The lowest BCUT2D eigenvalue weighted by atomic mass is 10.2. The molecule has 1 fully saturated rings. The Labute approximate surface area is 118 Å². The normalized spacial score (nSPS) is 21.6. The van der Waals surface area contributed by atoms with Crippen LogP contribution in [0, 0.1) is 0 Å². The van der Waals surface area contributed by atoms with Gasteiger partial charge in [-0.2, -0.15) is 0 Å². The molecule has 1 aromatic carbocycles. The van der Waals surface area contributed by atoms with E-state index in [4.69, 9.17) is 18.9 Å². The van der Waals surface area contributed by atoms with Crippen molar-refractivity contribution in [1.82, 2.24) is 0 Å². The second kappa shape index (κ2) is 6.61. The summed E-state index contributed by atoms with van der Waals surface area (Å²) in [4.78, 5) is 12.2. The molecule has 0 bridgehead atoms. The zero-order valence-electron chi connectivity index (χ0n) is 12.0. The summed E-state index contributed by atoms with van der Waals surface area (Å²) in [5.74, 6) is 0.733. The van der Waals surface area contributed by atoms with Gasteiger partial charge in [-0.05, 0) is 37.5 Å². The predicted molar refractivity (Wildman–Crippen MR) is 73.4 cm³/mol. The summed E-state index contributed by atoms with van der Waals surface area (Å²) in [6, 6.07) is 4.98. The smallest absolute Gasteiger partial charge is 0.338 e. The van der Waals surface area contributed by atoms with E-state index in [1.54, 1.807) is 32.4 Å². The van der Waals surface area contributed by atoms with Gasteiger partial charge in [0.15, 0.2) is 11.5 Å². The molecule has 5 nitrogen and oxygen atoms in total. The van der Waals surface area contributed by atoms with Crippen molar-refractivity contribution in [3.63, 3.8) is 0 Å². The predicted octanol–water partition coefficient (Wildman–Crippen LogP) is 2.43. The lowest BCUT2D eigenvalue weighted by Gasteiger charge is -2.19. The van der Waals surface area contributed by atoms with Crippen LogP contribution in [-0.4, -0.2) is 39.5 Å². The maximum atomic E-state index is 12.2. The van der Waals surface area contributed by atoms with E-state index in [2.05, 4.69) is 0 Å². The lowest BCUT2D eigenvalue weighted by molar-refractivity contribution is -0.0206. The minimum atomic E-state index is -0.361. The number of ether oxygens (including phenoxy) is 4. The van der Waals surface area contributed by atoms with Crippen LogP contribution in [0.4, 0.5) is 0 Å². The first-order valence-electron chi connectivity index (χ1n) is 6.65. The maximum Gasteiger partial charge on any atom is 0.338 e. The summed E-state index contributed by atoms with van der Waals surface area (Å²) in [6.45, 7) is 0. The number of benzene rings is 1. The van der Waals surface area contributed by atoms with E-state index < -0.39 is 0 Å². The minimum Gasteiger partial charge on any atom is -0.493 e. The molecule has 1 saturated carbocycles. The molecule has 110 valence electrons. The van der Waals surface area contributed by atoms with Gasteiger partial charge in [-0.3, -0.25) is 0 Å². The molecule has 0 radical (unpaired) electrons. The molecule has 5 heteroatoms. The summed E-state index contributed by atoms with van der Waals surface area (Å²) >= 11 is 0. The van der Waals surface area contributed by atoms with Crippen molar-refractivity contribution in [1.29, 1.82) is 0 Å². The number of rotatable bonds is 5. The fourth-order valence-corrected chi connectivity index (χ4v) is 2.47. The topological polar surface area (TPSA) is 54.0 Å². The molecular formula is C15H20O5. The highest BCUT2D eigenvalue weighted by Gasteiger charge is 2.30. The summed E-state index contributed by atoms with van der Waals surface area (Å²) < 4.78 is 21.2. The highest BCUT2D eigenvalue weighted by molar-refractivity contribution is 5.90. The molecule has 0 aromatic heterocycles. The van der Waals surface area contributed by atoms with Crippen molar-refractivity contribution >= 4 is 5.97 Å². The first-order valence-corrected chi connectivity index (χ1v) is 6.65. The summed E-state index contributed by atoms with van der Waals surface area (Å²) in [5.41, 5.74) is 0.449. The first kappa shape index (κ1) is 14.7. The molecule has 0 unspecified atom stereocenters. The molecule has 2 atom stereocenters. The van der Waals surface area contributed by atoms with Crippen LogP contribution < -0.4 is 9.47 Å². The highest BCUT2D eigenvalue weighted by Crippen LogP contribution is 2.29. The molecule has 20 heavy (non-hydrogen) atoms. The molecule has 0 N–H and O–H groups in total. The van der Waals surface area contributed by atoms with E-state index in [0.29, 0.717) is 17.1 Å². The van der Waals surface area contributed by atoms with Crippen LogP contribution in [0.15, 0.2) is 18.2 Å². The SMILES string of the molecule is COc1ccc(C(=O)O[C@@H]2CCC[C@@H]2OC)cc1OC. The van der Waals surface area contributed by atoms with Gasteiger partial charge >= 0.3 is 5.97 Å². The Morgan fingerprint density at radius 1 is 1.05 bits per heavy atom. The third-order valence-corrected chi connectivity index (χ3v) is 3.57. The number of methoxy groups -OCH3 is 3. The van der Waals surface area contributed by atoms with Crippen LogP contribution in [0.25, 0.3) is 0 Å². The Hall–Kier alpha value is -1.75. The number of hydrogen-bond acceptors (Lipinski definition) is 5. The van der Waals surface area contributed by atoms with Crippen molar-refractivity contribution in [2.45, 2.75) is 31.5 Å². The fourth-order valence-electron chi connectivity index (χ4n) is 2.47. The van der Waals surface area contributed by atoms with Gasteiger partial charge in [0.1, 0.15) is 6.10 Å². The van der Waals surface area contributed by atoms with Gasteiger partial charge in [0.2, 0.25) is 0 Å². The van der Waals surface area contributed by atoms with Gasteiger partial charge in [-0.15, -0.1) is 0 Å². The van der Waals surface area contributed by atoms with Crippen molar-refractivity contribution in [2.24, 2.45) is 0 Å². The van der Waals surface area contributed by atoms with Crippen LogP contribution >= 0.6 is 0 Å². The third-order valence-electron chi connectivity index (χ3n) is 3.57. The van der Waals surface area contributed by atoms with Crippen LogP contribution in [0.5, 0.6) is 11.5 Å². The Morgan fingerprint density at radius 3 is 2.40 bits per heavy atom. The van der Waals surface area contributed by atoms with Crippen molar-refractivity contribution in [2.75, 3.05) is 21.3 Å². The van der Waals surface area contributed by atoms with E-state index >= 15 is 0 Å². The van der Waals surface area contributed by atoms with E-state index in [-0.39, 0.29) is 18.2 Å². The number of hydrogen-bond donors (Lipinski definition) is 0. The monoisotopic (exact) mass is 280 g/mol. The largest absolute Gasteiger partial charge is 0.493 e. The molecule has 0 saturated heterocycles. The minimum absolute atomic E-state index is 0.000839. The number of carbonyl (C=O) groups excluding carboxylic acids is 1. The number of carbonyl (C=O) groups is 1. The molecule has 0 amide bonds. The van der Waals surface area contributed by atoms with E-state index in [1.165, 1.54) is 7.11 Å². The zero-order chi connectivity index (χ0) is 14.5. The molecule has 1 aromatic rings. The van der Waals surface area contributed by atoms with Gasteiger partial charge in [0.25, 0.3) is 0 Å². The van der Waals surface area contributed by atoms with E-state index in [0.717, 1.165) is 19.3 Å². The average molecular weight is 280 g/mol. The van der Waals surface area contributed by atoms with Crippen molar-refractivity contribution in [3.05, 3.63) is 23.8 Å². The molecule has 0 spiro atoms. The maximum absolute atomic E-state index is 12.2. The quantitative estimate of drug-likeness (QED) is 0.775. The molecule has 1 aliphatic carbocycles. The summed E-state index contributed by atoms with van der Waals surface area (Å²) in [6.07, 6.45) is 2.63. The van der Waals surface area contributed by atoms with Gasteiger partial charge in [0, 0.05) is 7.11 Å². The third kappa shape index (κ3) is 3.04. The number of esters is 1. The van der Waals surface area contributed by atoms with Gasteiger partial charge in [-0.25, -0.2) is 4.79 Å². The van der Waals surface area contributed by atoms with Crippen LogP contribution in [0.2, 0.25) is 0 Å². The molecule has 1 aliphatic rings. The molecule has 0 aliphatic heterocycles. The summed E-state index contributed by atoms with van der Waals surface area (Å²) in [7, 11) is 4.73. The Morgan fingerprint density at radius 2 is 1.75 bits per heavy atom. The van der Waals surface area contributed by atoms with Crippen LogP contribution in [0.1, 0.15) is 29.6 Å². The van der Waals surface area contributed by atoms with Gasteiger partial charge < -0.3 is 18.9 Å². The highest BCUT2D eigenvalue weighted by atomic mass is 16.6. The van der Waals surface area contributed by atoms with Crippen molar-refractivity contribution < 1.29 is 23.7 Å². The molecular weight excluding hydrogens is 260 g/mol. The average Bonchev–Trinajstić information content (AvgIpc) is 2.93. The molecule has 0 heterocycles. The molecule has 2 rings (SSSR count). The van der Waals surface area contributed by atoms with E-state index in [1.807, 2.05) is 0 Å². The zero-order valence-corrected chi connectivity index (χ0v) is 12.0. The van der Waals surface area contributed by atoms with Crippen molar-refractivity contribution in [3.8, 4) is 11.5 Å². The Kier molecular flexibility index (Phi) is 4.84. The lowest BCUT2D eigenvalue weighted by Crippen LogP contribution is -2.27. The van der Waals surface area contributed by atoms with Crippen LogP contribution in [-0.2, 0) is 9.47 Å². The van der Waals surface area contributed by atoms with E-state index in [9.17, 15) is 4.79 Å². The second-order valence-electron chi connectivity index (χ2n) is 4.72. The Bertz CT molecular complexity index is 471. The standard InChI is InChI=1S/C15H20O5/c1-17-11-5-4-6-13(11)20-15(16)10-7-8-12(18-2)14(9-10)19-3/h7-9,11,13H,4-6H2,1-3H3/t11-,13+/m0/s1. The van der Waals surface area contributed by atoms with Crippen LogP contribution in [0.3, 0.4) is 0 Å². The fraction of sp³-hybridized carbons (Fsp3) is 0.533. The summed E-state index contributed by atoms with van der Waals surface area (Å²) in [5, 5.41) is 0.